The molecule has 1 saturated carbocycles. The molecule has 3 N–H and O–H groups in total. The summed E-state index contributed by atoms with van der Waals surface area (Å²) in [6.07, 6.45) is 7.21. The Hall–Kier alpha value is -2.14. The van der Waals surface area contributed by atoms with Crippen LogP contribution in [0.5, 0.6) is 0 Å². The van der Waals surface area contributed by atoms with Gasteiger partial charge in [0.25, 0.3) is 0 Å². The predicted molar refractivity (Wildman–Crippen MR) is 104 cm³/mol. The fraction of sp³-hybridized carbons (Fsp3) is 0.524. The summed E-state index contributed by atoms with van der Waals surface area (Å²) in [6.45, 7) is 2.04. The van der Waals surface area contributed by atoms with E-state index >= 15 is 0 Å². The van der Waals surface area contributed by atoms with E-state index in [0.717, 1.165) is 37.4 Å². The van der Waals surface area contributed by atoms with Crippen molar-refractivity contribution in [1.29, 1.82) is 0 Å². The Morgan fingerprint density at radius 1 is 1.04 bits per heavy atom. The molecule has 3 atom stereocenters. The van der Waals surface area contributed by atoms with E-state index in [-0.39, 0.29) is 0 Å². The largest absolute Gasteiger partial charge is 0.368 e. The number of piperazine rings is 1. The quantitative estimate of drug-likeness (QED) is 0.873. The van der Waals surface area contributed by atoms with Gasteiger partial charge in [-0.3, -0.25) is 0 Å². The first-order chi connectivity index (χ1) is 12.8. The molecule has 0 amide bonds. The molecule has 0 radical (unpaired) electrons. The highest BCUT2D eigenvalue weighted by molar-refractivity contribution is 5.56. The number of hydrogen-bond acceptors (Lipinski definition) is 5. The van der Waals surface area contributed by atoms with Crippen molar-refractivity contribution in [3.05, 3.63) is 47.2 Å². The van der Waals surface area contributed by atoms with Crippen molar-refractivity contribution in [2.75, 3.05) is 23.7 Å². The second kappa shape index (κ2) is 6.54. The van der Waals surface area contributed by atoms with Gasteiger partial charge in [-0.25, -0.2) is 4.98 Å². The van der Waals surface area contributed by atoms with Gasteiger partial charge < -0.3 is 16.0 Å². The lowest BCUT2D eigenvalue weighted by molar-refractivity contribution is 0.400. The average molecular weight is 349 g/mol. The Morgan fingerprint density at radius 3 is 2.81 bits per heavy atom. The molecular formula is C21H27N5. The molecule has 1 saturated heterocycles. The van der Waals surface area contributed by atoms with Gasteiger partial charge in [-0.05, 0) is 44.1 Å². The van der Waals surface area contributed by atoms with Crippen LogP contribution in [-0.4, -0.2) is 35.1 Å². The third kappa shape index (κ3) is 2.65. The number of nitrogens with zero attached hydrogens (tertiary/aromatic N) is 3. The standard InChI is InChI=1S/C21H27N5/c22-21-24-19-15(14-6-2-1-3-7-14)8-4-9-16(19)20(25-21)26-13-12-23-17-10-5-11-18(17)26/h1-3,6-7,15,17-18,23H,4-5,8-13H2,(H2,22,24,25). The average Bonchev–Trinajstić information content (AvgIpc) is 3.16. The van der Waals surface area contributed by atoms with E-state index < -0.39 is 0 Å². The van der Waals surface area contributed by atoms with Gasteiger partial charge in [0.15, 0.2) is 0 Å². The normalized spacial score (nSPS) is 27.8. The Balaban J connectivity index is 1.59. The molecule has 5 nitrogen and oxygen atoms in total. The van der Waals surface area contributed by atoms with Crippen molar-refractivity contribution in [3.8, 4) is 0 Å². The van der Waals surface area contributed by atoms with E-state index in [1.54, 1.807) is 0 Å². The lowest BCUT2D eigenvalue weighted by Crippen LogP contribution is -2.56. The van der Waals surface area contributed by atoms with Crippen LogP contribution in [-0.2, 0) is 6.42 Å². The van der Waals surface area contributed by atoms with Crippen LogP contribution in [0.3, 0.4) is 0 Å². The summed E-state index contributed by atoms with van der Waals surface area (Å²) in [5.74, 6) is 1.88. The highest BCUT2D eigenvalue weighted by Gasteiger charge is 2.38. The zero-order chi connectivity index (χ0) is 17.5. The smallest absolute Gasteiger partial charge is 0.222 e. The van der Waals surface area contributed by atoms with Crippen molar-refractivity contribution >= 4 is 11.8 Å². The molecule has 2 aliphatic carbocycles. The zero-order valence-corrected chi connectivity index (χ0v) is 15.2. The molecule has 2 aromatic rings. The van der Waals surface area contributed by atoms with E-state index in [4.69, 9.17) is 15.7 Å². The lowest BCUT2D eigenvalue weighted by atomic mass is 9.82. The molecule has 3 unspecified atom stereocenters. The molecule has 1 aromatic heterocycles. The molecule has 5 rings (SSSR count). The molecule has 2 fully saturated rings. The van der Waals surface area contributed by atoms with Gasteiger partial charge in [0.05, 0.1) is 5.69 Å². The number of nitrogens with two attached hydrogens (primary N) is 1. The summed E-state index contributed by atoms with van der Waals surface area (Å²) in [6, 6.07) is 11.9. The molecule has 5 heteroatoms. The third-order valence-corrected chi connectivity index (χ3v) is 6.40. The Bertz CT molecular complexity index is 790. The maximum absolute atomic E-state index is 6.20. The Labute approximate surface area is 155 Å². The summed E-state index contributed by atoms with van der Waals surface area (Å²) in [7, 11) is 0. The fourth-order valence-electron chi connectivity index (χ4n) is 5.25. The van der Waals surface area contributed by atoms with Gasteiger partial charge in [-0.2, -0.15) is 4.98 Å². The molecule has 1 aliphatic heterocycles. The minimum atomic E-state index is 0.339. The maximum Gasteiger partial charge on any atom is 0.222 e. The highest BCUT2D eigenvalue weighted by atomic mass is 15.3. The number of benzene rings is 1. The molecule has 3 aliphatic rings. The van der Waals surface area contributed by atoms with E-state index in [9.17, 15) is 0 Å². The number of rotatable bonds is 2. The second-order valence-corrected chi connectivity index (χ2v) is 7.88. The van der Waals surface area contributed by atoms with E-state index in [2.05, 4.69) is 40.5 Å². The predicted octanol–water partition coefficient (Wildman–Crippen LogP) is 2.86. The van der Waals surface area contributed by atoms with E-state index in [1.807, 2.05) is 0 Å². The first kappa shape index (κ1) is 16.1. The summed E-state index contributed by atoms with van der Waals surface area (Å²) >= 11 is 0. The van der Waals surface area contributed by atoms with Crippen molar-refractivity contribution in [2.45, 2.75) is 56.5 Å². The van der Waals surface area contributed by atoms with Gasteiger partial charge in [-0.15, -0.1) is 0 Å². The van der Waals surface area contributed by atoms with Gasteiger partial charge in [0.1, 0.15) is 5.82 Å². The number of nitrogen functional groups attached to an aromatic ring is 1. The SMILES string of the molecule is Nc1nc2c(c(N3CCNC4CCCC43)n1)CCCC2c1ccccc1. The van der Waals surface area contributed by atoms with Crippen LogP contribution in [0.4, 0.5) is 11.8 Å². The van der Waals surface area contributed by atoms with Crippen molar-refractivity contribution in [2.24, 2.45) is 0 Å². The molecule has 26 heavy (non-hydrogen) atoms. The summed E-state index contributed by atoms with van der Waals surface area (Å²) in [4.78, 5) is 12.0. The van der Waals surface area contributed by atoms with Gasteiger partial charge in [0.2, 0.25) is 5.95 Å². The highest BCUT2D eigenvalue weighted by Crippen LogP contribution is 2.41. The Kier molecular flexibility index (Phi) is 4.04. The number of fused-ring (bicyclic) bond motifs is 2. The molecular weight excluding hydrogens is 322 g/mol. The van der Waals surface area contributed by atoms with Gasteiger partial charge in [-0.1, -0.05) is 30.3 Å². The lowest BCUT2D eigenvalue weighted by Gasteiger charge is -2.41. The van der Waals surface area contributed by atoms with Gasteiger partial charge in [0, 0.05) is 36.7 Å². The number of aromatic nitrogens is 2. The van der Waals surface area contributed by atoms with Crippen LogP contribution in [0, 0.1) is 0 Å². The van der Waals surface area contributed by atoms with Gasteiger partial charge >= 0.3 is 0 Å². The van der Waals surface area contributed by atoms with Crippen molar-refractivity contribution < 1.29 is 0 Å². The first-order valence-electron chi connectivity index (χ1n) is 10.0. The van der Waals surface area contributed by atoms with Crippen molar-refractivity contribution in [3.63, 3.8) is 0 Å². The number of nitrogens with one attached hydrogen (secondary N) is 1. The van der Waals surface area contributed by atoms with E-state index in [0.29, 0.717) is 23.9 Å². The van der Waals surface area contributed by atoms with Crippen LogP contribution in [0.15, 0.2) is 30.3 Å². The summed E-state index contributed by atoms with van der Waals surface area (Å²) in [5, 5.41) is 3.69. The summed E-state index contributed by atoms with van der Waals surface area (Å²) in [5.41, 5.74) is 10.1. The molecule has 0 bridgehead atoms. The van der Waals surface area contributed by atoms with E-state index in [1.165, 1.54) is 36.8 Å². The molecule has 2 heterocycles. The third-order valence-electron chi connectivity index (χ3n) is 6.40. The van der Waals surface area contributed by atoms with Crippen LogP contribution < -0.4 is 16.0 Å². The van der Waals surface area contributed by atoms with Crippen LogP contribution >= 0.6 is 0 Å². The first-order valence-corrected chi connectivity index (χ1v) is 10.0. The van der Waals surface area contributed by atoms with Crippen LogP contribution in [0.2, 0.25) is 0 Å². The number of hydrogen-bond donors (Lipinski definition) is 2. The van der Waals surface area contributed by atoms with Crippen LogP contribution in [0.1, 0.15) is 54.8 Å². The minimum absolute atomic E-state index is 0.339. The Morgan fingerprint density at radius 2 is 1.92 bits per heavy atom. The minimum Gasteiger partial charge on any atom is -0.368 e. The monoisotopic (exact) mass is 349 g/mol. The van der Waals surface area contributed by atoms with Crippen molar-refractivity contribution in [1.82, 2.24) is 15.3 Å². The number of anilines is 2. The second-order valence-electron chi connectivity index (χ2n) is 7.88. The topological polar surface area (TPSA) is 67.1 Å². The summed E-state index contributed by atoms with van der Waals surface area (Å²) < 4.78 is 0. The molecule has 136 valence electrons. The molecule has 1 aromatic carbocycles. The zero-order valence-electron chi connectivity index (χ0n) is 15.2. The molecule has 0 spiro atoms. The van der Waals surface area contributed by atoms with Crippen LogP contribution in [0.25, 0.3) is 0 Å². The fourth-order valence-corrected chi connectivity index (χ4v) is 5.25. The maximum atomic E-state index is 6.20.